The van der Waals surface area contributed by atoms with E-state index in [0.717, 1.165) is 12.8 Å². The molecule has 1 saturated carbocycles. The number of anilines is 1. The van der Waals surface area contributed by atoms with Crippen molar-refractivity contribution >= 4 is 5.69 Å². The van der Waals surface area contributed by atoms with Crippen molar-refractivity contribution in [3.8, 4) is 6.07 Å². The molecule has 0 amide bonds. The van der Waals surface area contributed by atoms with E-state index in [2.05, 4.69) is 19.2 Å². The summed E-state index contributed by atoms with van der Waals surface area (Å²) in [6.45, 7) is 4.36. The molecular formula is C15H18F2N2. The van der Waals surface area contributed by atoms with Crippen LogP contribution < -0.4 is 5.32 Å². The summed E-state index contributed by atoms with van der Waals surface area (Å²) in [6, 6.07) is 4.57. The lowest BCUT2D eigenvalue weighted by Crippen LogP contribution is -2.30. The van der Waals surface area contributed by atoms with Gasteiger partial charge in [-0.25, -0.2) is 8.78 Å². The third kappa shape index (κ3) is 3.04. The van der Waals surface area contributed by atoms with Gasteiger partial charge < -0.3 is 5.32 Å². The zero-order valence-electron chi connectivity index (χ0n) is 11.2. The number of halogens is 2. The molecule has 102 valence electrons. The maximum absolute atomic E-state index is 13.8. The summed E-state index contributed by atoms with van der Waals surface area (Å²) >= 11 is 0. The van der Waals surface area contributed by atoms with E-state index in [0.29, 0.717) is 11.8 Å². The van der Waals surface area contributed by atoms with Gasteiger partial charge in [-0.15, -0.1) is 0 Å². The van der Waals surface area contributed by atoms with Gasteiger partial charge in [-0.2, -0.15) is 5.26 Å². The monoisotopic (exact) mass is 264 g/mol. The van der Waals surface area contributed by atoms with Gasteiger partial charge in [-0.05, 0) is 43.2 Å². The molecule has 0 aliphatic heterocycles. The second-order valence-electron chi connectivity index (χ2n) is 5.66. The fourth-order valence-corrected chi connectivity index (χ4v) is 3.03. The number of nitrogens with one attached hydrogen (secondary N) is 1. The quantitative estimate of drug-likeness (QED) is 0.873. The van der Waals surface area contributed by atoms with E-state index in [1.807, 2.05) is 0 Å². The Kier molecular flexibility index (Phi) is 4.04. The highest BCUT2D eigenvalue weighted by Crippen LogP contribution is 2.31. The number of benzene rings is 1. The fraction of sp³-hybridized carbons (Fsp3) is 0.533. The average Bonchev–Trinajstić information content (AvgIpc) is 2.34. The summed E-state index contributed by atoms with van der Waals surface area (Å²) in [5.41, 5.74) is -0.101. The molecule has 1 N–H and O–H groups in total. The Morgan fingerprint density at radius 3 is 2.32 bits per heavy atom. The van der Waals surface area contributed by atoms with Crippen molar-refractivity contribution in [3.63, 3.8) is 0 Å². The van der Waals surface area contributed by atoms with E-state index in [1.165, 1.54) is 18.6 Å². The molecule has 2 atom stereocenters. The molecule has 0 radical (unpaired) electrons. The second kappa shape index (κ2) is 5.56. The predicted octanol–water partition coefficient (Wildman–Crippen LogP) is 4.07. The molecular weight excluding hydrogens is 246 g/mol. The Morgan fingerprint density at radius 2 is 1.74 bits per heavy atom. The molecule has 1 fully saturated rings. The van der Waals surface area contributed by atoms with E-state index in [9.17, 15) is 8.78 Å². The summed E-state index contributed by atoms with van der Waals surface area (Å²) in [6.07, 6.45) is 3.11. The fourth-order valence-electron chi connectivity index (χ4n) is 3.03. The van der Waals surface area contributed by atoms with Crippen LogP contribution in [-0.4, -0.2) is 6.04 Å². The molecule has 4 heteroatoms. The molecule has 2 unspecified atom stereocenters. The lowest BCUT2D eigenvalue weighted by atomic mass is 9.80. The largest absolute Gasteiger partial charge is 0.380 e. The van der Waals surface area contributed by atoms with Crippen LogP contribution in [-0.2, 0) is 0 Å². The van der Waals surface area contributed by atoms with Crippen LogP contribution in [0.5, 0.6) is 0 Å². The highest BCUT2D eigenvalue weighted by Gasteiger charge is 2.25. The van der Waals surface area contributed by atoms with Gasteiger partial charge in [0.2, 0.25) is 0 Å². The third-order valence-electron chi connectivity index (χ3n) is 3.74. The summed E-state index contributed by atoms with van der Waals surface area (Å²) in [7, 11) is 0. The first-order chi connectivity index (χ1) is 9.01. The Balaban J connectivity index is 2.16. The highest BCUT2D eigenvalue weighted by atomic mass is 19.2. The summed E-state index contributed by atoms with van der Waals surface area (Å²) in [5, 5.41) is 11.7. The first-order valence-electron chi connectivity index (χ1n) is 6.66. The minimum Gasteiger partial charge on any atom is -0.380 e. The van der Waals surface area contributed by atoms with Gasteiger partial charge >= 0.3 is 0 Å². The molecule has 1 aliphatic carbocycles. The Bertz CT molecular complexity index is 498. The van der Waals surface area contributed by atoms with E-state index >= 15 is 0 Å². The van der Waals surface area contributed by atoms with Gasteiger partial charge in [0.15, 0.2) is 11.6 Å². The number of nitriles is 1. The molecule has 0 spiro atoms. The zero-order valence-corrected chi connectivity index (χ0v) is 11.2. The van der Waals surface area contributed by atoms with Gasteiger partial charge in [0.05, 0.1) is 11.3 Å². The lowest BCUT2D eigenvalue weighted by Gasteiger charge is -2.32. The third-order valence-corrected chi connectivity index (χ3v) is 3.74. The van der Waals surface area contributed by atoms with E-state index in [1.54, 1.807) is 6.07 Å². The van der Waals surface area contributed by atoms with Crippen LogP contribution in [0.4, 0.5) is 14.5 Å². The standard InChI is InChI=1S/C15H18F2N2/c1-9-5-10(2)7-12(6-9)19-13-4-3-11(8-18)14(16)15(13)17/h3-4,9-10,12,19H,5-7H2,1-2H3. The second-order valence-corrected chi connectivity index (χ2v) is 5.66. The highest BCUT2D eigenvalue weighted by molar-refractivity contribution is 5.50. The van der Waals surface area contributed by atoms with Crippen molar-refractivity contribution in [1.82, 2.24) is 0 Å². The first-order valence-corrected chi connectivity index (χ1v) is 6.66. The normalized spacial score (nSPS) is 26.8. The molecule has 2 rings (SSSR count). The van der Waals surface area contributed by atoms with Crippen molar-refractivity contribution < 1.29 is 8.78 Å². The van der Waals surface area contributed by atoms with Crippen LogP contribution in [0.2, 0.25) is 0 Å². The van der Waals surface area contributed by atoms with Crippen molar-refractivity contribution in [3.05, 3.63) is 29.3 Å². The van der Waals surface area contributed by atoms with Crippen LogP contribution in [0, 0.1) is 34.8 Å². The molecule has 19 heavy (non-hydrogen) atoms. The molecule has 0 saturated heterocycles. The molecule has 0 aromatic heterocycles. The number of nitrogens with zero attached hydrogens (tertiary/aromatic N) is 1. The average molecular weight is 264 g/mol. The van der Waals surface area contributed by atoms with Crippen LogP contribution in [0.3, 0.4) is 0 Å². The number of rotatable bonds is 2. The first kappa shape index (κ1) is 13.8. The summed E-state index contributed by atoms with van der Waals surface area (Å²) in [4.78, 5) is 0. The smallest absolute Gasteiger partial charge is 0.183 e. The zero-order chi connectivity index (χ0) is 14.0. The van der Waals surface area contributed by atoms with Gasteiger partial charge in [-0.3, -0.25) is 0 Å². The van der Waals surface area contributed by atoms with Gasteiger partial charge in [0.1, 0.15) is 6.07 Å². The molecule has 2 nitrogen and oxygen atoms in total. The predicted molar refractivity (Wildman–Crippen MR) is 70.7 cm³/mol. The van der Waals surface area contributed by atoms with Crippen molar-refractivity contribution in [2.75, 3.05) is 5.32 Å². The van der Waals surface area contributed by atoms with Crippen LogP contribution in [0.25, 0.3) is 0 Å². The SMILES string of the molecule is CC1CC(C)CC(Nc2ccc(C#N)c(F)c2F)C1. The molecule has 1 aromatic carbocycles. The van der Waals surface area contributed by atoms with Crippen molar-refractivity contribution in [2.45, 2.75) is 39.2 Å². The molecule has 1 aliphatic rings. The Morgan fingerprint density at radius 1 is 1.11 bits per heavy atom. The van der Waals surface area contributed by atoms with E-state index < -0.39 is 11.6 Å². The maximum atomic E-state index is 13.8. The number of hydrogen-bond acceptors (Lipinski definition) is 2. The minimum absolute atomic E-state index is 0.155. The van der Waals surface area contributed by atoms with Gasteiger partial charge in [-0.1, -0.05) is 13.8 Å². The van der Waals surface area contributed by atoms with Crippen molar-refractivity contribution in [1.29, 1.82) is 5.26 Å². The van der Waals surface area contributed by atoms with E-state index in [-0.39, 0.29) is 17.3 Å². The van der Waals surface area contributed by atoms with Gasteiger partial charge in [0, 0.05) is 6.04 Å². The number of hydrogen-bond donors (Lipinski definition) is 1. The maximum Gasteiger partial charge on any atom is 0.183 e. The van der Waals surface area contributed by atoms with Crippen LogP contribution in [0.15, 0.2) is 12.1 Å². The topological polar surface area (TPSA) is 35.8 Å². The summed E-state index contributed by atoms with van der Waals surface area (Å²) in [5.74, 6) is -0.839. The van der Waals surface area contributed by atoms with Crippen molar-refractivity contribution in [2.24, 2.45) is 11.8 Å². The van der Waals surface area contributed by atoms with Crippen LogP contribution >= 0.6 is 0 Å². The van der Waals surface area contributed by atoms with E-state index in [4.69, 9.17) is 5.26 Å². The lowest BCUT2D eigenvalue weighted by molar-refractivity contribution is 0.280. The van der Waals surface area contributed by atoms with Crippen LogP contribution in [0.1, 0.15) is 38.7 Å². The Hall–Kier alpha value is -1.63. The molecule has 0 heterocycles. The molecule has 0 bridgehead atoms. The summed E-state index contributed by atoms with van der Waals surface area (Å²) < 4.78 is 27.3. The Labute approximate surface area is 112 Å². The van der Waals surface area contributed by atoms with Gasteiger partial charge in [0.25, 0.3) is 0 Å². The molecule has 1 aromatic rings. The minimum atomic E-state index is -1.07.